The Bertz CT molecular complexity index is 366. The monoisotopic (exact) mass is 189 g/mol. The zero-order valence-electron chi connectivity index (χ0n) is 7.72. The van der Waals surface area contributed by atoms with Gasteiger partial charge in [0.25, 0.3) is 0 Å². The van der Waals surface area contributed by atoms with Gasteiger partial charge in [-0.15, -0.1) is 0 Å². The SMILES string of the molecule is N#Cc1cccc(N2CC(CO)C2)n1. The van der Waals surface area contributed by atoms with Gasteiger partial charge in [-0.2, -0.15) is 5.26 Å². The van der Waals surface area contributed by atoms with Crippen LogP contribution in [0.5, 0.6) is 0 Å². The summed E-state index contributed by atoms with van der Waals surface area (Å²) in [4.78, 5) is 6.22. The Balaban J connectivity index is 2.08. The van der Waals surface area contributed by atoms with E-state index in [-0.39, 0.29) is 6.61 Å². The summed E-state index contributed by atoms with van der Waals surface area (Å²) < 4.78 is 0. The molecule has 1 fully saturated rings. The first kappa shape index (κ1) is 8.97. The Hall–Kier alpha value is -1.60. The van der Waals surface area contributed by atoms with E-state index < -0.39 is 0 Å². The molecule has 0 atom stereocenters. The van der Waals surface area contributed by atoms with Crippen molar-refractivity contribution in [3.8, 4) is 6.07 Å². The van der Waals surface area contributed by atoms with E-state index in [1.165, 1.54) is 0 Å². The molecule has 72 valence electrons. The molecule has 14 heavy (non-hydrogen) atoms. The largest absolute Gasteiger partial charge is 0.396 e. The summed E-state index contributed by atoms with van der Waals surface area (Å²) in [6.07, 6.45) is 0. The lowest BCUT2D eigenvalue weighted by atomic mass is 10.0. The van der Waals surface area contributed by atoms with Crippen molar-refractivity contribution in [2.75, 3.05) is 24.6 Å². The van der Waals surface area contributed by atoms with Crippen molar-refractivity contribution in [1.82, 2.24) is 4.98 Å². The number of aliphatic hydroxyl groups is 1. The second-order valence-electron chi connectivity index (χ2n) is 3.45. The predicted octanol–water partition coefficient (Wildman–Crippen LogP) is 0.382. The Labute approximate surface area is 82.4 Å². The number of pyridine rings is 1. The van der Waals surface area contributed by atoms with E-state index in [4.69, 9.17) is 10.4 Å². The Kier molecular flexibility index (Phi) is 2.33. The highest BCUT2D eigenvalue weighted by molar-refractivity contribution is 5.44. The average molecular weight is 189 g/mol. The third kappa shape index (κ3) is 1.54. The molecule has 1 aliphatic heterocycles. The molecule has 0 aromatic carbocycles. The van der Waals surface area contributed by atoms with Crippen LogP contribution in [0.3, 0.4) is 0 Å². The van der Waals surface area contributed by atoms with E-state index in [9.17, 15) is 0 Å². The Morgan fingerprint density at radius 1 is 1.57 bits per heavy atom. The summed E-state index contributed by atoms with van der Waals surface area (Å²) >= 11 is 0. The highest BCUT2D eigenvalue weighted by Gasteiger charge is 2.26. The minimum absolute atomic E-state index is 0.231. The molecule has 0 amide bonds. The number of rotatable bonds is 2. The molecule has 2 rings (SSSR count). The van der Waals surface area contributed by atoms with Crippen molar-refractivity contribution in [3.63, 3.8) is 0 Å². The fourth-order valence-corrected chi connectivity index (χ4v) is 1.53. The summed E-state index contributed by atoms with van der Waals surface area (Å²) in [6.45, 7) is 1.89. The lowest BCUT2D eigenvalue weighted by Crippen LogP contribution is -2.48. The van der Waals surface area contributed by atoms with Gasteiger partial charge in [-0.1, -0.05) is 6.07 Å². The average Bonchev–Trinajstić information content (AvgIpc) is 2.17. The van der Waals surface area contributed by atoms with E-state index in [1.54, 1.807) is 6.07 Å². The molecule has 1 N–H and O–H groups in total. The van der Waals surface area contributed by atoms with Crippen LogP contribution in [0.1, 0.15) is 5.69 Å². The fraction of sp³-hybridized carbons (Fsp3) is 0.400. The molecule has 2 heterocycles. The summed E-state index contributed by atoms with van der Waals surface area (Å²) in [7, 11) is 0. The maximum atomic E-state index is 8.85. The lowest BCUT2D eigenvalue weighted by molar-refractivity contribution is 0.200. The first-order chi connectivity index (χ1) is 6.83. The number of aliphatic hydroxyl groups excluding tert-OH is 1. The van der Waals surface area contributed by atoms with Gasteiger partial charge in [0.2, 0.25) is 0 Å². The summed E-state index contributed by atoms with van der Waals surface area (Å²) in [5.41, 5.74) is 0.440. The highest BCUT2D eigenvalue weighted by atomic mass is 16.3. The van der Waals surface area contributed by atoms with Crippen molar-refractivity contribution >= 4 is 5.82 Å². The van der Waals surface area contributed by atoms with Crippen LogP contribution in [0.2, 0.25) is 0 Å². The summed E-state index contributed by atoms with van der Waals surface area (Å²) in [5.74, 6) is 1.19. The number of anilines is 1. The van der Waals surface area contributed by atoms with Crippen LogP contribution in [-0.2, 0) is 0 Å². The standard InChI is InChI=1S/C10H11N3O/c11-4-9-2-1-3-10(12-9)13-5-8(6-13)7-14/h1-3,8,14H,5-7H2. The topological polar surface area (TPSA) is 60.2 Å². The van der Waals surface area contributed by atoms with Gasteiger partial charge < -0.3 is 10.0 Å². The van der Waals surface area contributed by atoms with Gasteiger partial charge in [-0.05, 0) is 12.1 Å². The number of nitriles is 1. The van der Waals surface area contributed by atoms with Gasteiger partial charge in [0, 0.05) is 25.6 Å². The van der Waals surface area contributed by atoms with Gasteiger partial charge in [0.05, 0.1) is 0 Å². The lowest BCUT2D eigenvalue weighted by Gasteiger charge is -2.39. The maximum absolute atomic E-state index is 8.85. The van der Waals surface area contributed by atoms with Crippen molar-refractivity contribution in [3.05, 3.63) is 23.9 Å². The molecule has 4 nitrogen and oxygen atoms in total. The van der Waals surface area contributed by atoms with Crippen LogP contribution < -0.4 is 4.90 Å². The number of aromatic nitrogens is 1. The van der Waals surface area contributed by atoms with E-state index in [0.29, 0.717) is 11.6 Å². The van der Waals surface area contributed by atoms with Crippen molar-refractivity contribution in [1.29, 1.82) is 5.26 Å². The van der Waals surface area contributed by atoms with Gasteiger partial charge >= 0.3 is 0 Å². The summed E-state index contributed by atoms with van der Waals surface area (Å²) in [5, 5.41) is 17.5. The number of hydrogen-bond acceptors (Lipinski definition) is 4. The van der Waals surface area contributed by atoms with Crippen molar-refractivity contribution in [2.24, 2.45) is 5.92 Å². The smallest absolute Gasteiger partial charge is 0.142 e. The molecule has 0 saturated carbocycles. The van der Waals surface area contributed by atoms with E-state index in [1.807, 2.05) is 18.2 Å². The zero-order chi connectivity index (χ0) is 9.97. The van der Waals surface area contributed by atoms with Crippen LogP contribution in [0.4, 0.5) is 5.82 Å². The van der Waals surface area contributed by atoms with Crippen molar-refractivity contribution < 1.29 is 5.11 Å². The van der Waals surface area contributed by atoms with Crippen molar-refractivity contribution in [2.45, 2.75) is 0 Å². The van der Waals surface area contributed by atoms with Crippen LogP contribution in [0.25, 0.3) is 0 Å². The highest BCUT2D eigenvalue weighted by Crippen LogP contribution is 2.22. The maximum Gasteiger partial charge on any atom is 0.142 e. The predicted molar refractivity (Wildman–Crippen MR) is 51.7 cm³/mol. The fourth-order valence-electron chi connectivity index (χ4n) is 1.53. The van der Waals surface area contributed by atoms with Gasteiger partial charge in [0.1, 0.15) is 17.6 Å². The zero-order valence-corrected chi connectivity index (χ0v) is 7.72. The third-order valence-corrected chi connectivity index (χ3v) is 2.39. The first-order valence-corrected chi connectivity index (χ1v) is 4.56. The normalized spacial score (nSPS) is 16.1. The molecule has 0 spiro atoms. The second kappa shape index (κ2) is 3.64. The molecule has 4 heteroatoms. The molecule has 0 aliphatic carbocycles. The Morgan fingerprint density at radius 2 is 2.36 bits per heavy atom. The van der Waals surface area contributed by atoms with Crippen LogP contribution >= 0.6 is 0 Å². The van der Waals surface area contributed by atoms with Gasteiger partial charge in [-0.25, -0.2) is 4.98 Å². The van der Waals surface area contributed by atoms with Gasteiger partial charge in [0.15, 0.2) is 0 Å². The Morgan fingerprint density at radius 3 is 3.00 bits per heavy atom. The van der Waals surface area contributed by atoms with E-state index in [2.05, 4.69) is 9.88 Å². The molecule has 0 unspecified atom stereocenters. The van der Waals surface area contributed by atoms with E-state index in [0.717, 1.165) is 18.9 Å². The molecular weight excluding hydrogens is 178 g/mol. The molecular formula is C10H11N3O. The molecule has 1 aromatic heterocycles. The number of hydrogen-bond donors (Lipinski definition) is 1. The molecule has 0 radical (unpaired) electrons. The quantitative estimate of drug-likeness (QED) is 0.730. The first-order valence-electron chi connectivity index (χ1n) is 4.56. The third-order valence-electron chi connectivity index (χ3n) is 2.39. The number of nitrogens with zero attached hydrogens (tertiary/aromatic N) is 3. The molecule has 0 bridgehead atoms. The van der Waals surface area contributed by atoms with Crippen LogP contribution in [0, 0.1) is 17.2 Å². The van der Waals surface area contributed by atoms with E-state index >= 15 is 0 Å². The minimum Gasteiger partial charge on any atom is -0.396 e. The van der Waals surface area contributed by atoms with Gasteiger partial charge in [-0.3, -0.25) is 0 Å². The summed E-state index contributed by atoms with van der Waals surface area (Å²) in [6, 6.07) is 7.41. The van der Waals surface area contributed by atoms with Crippen LogP contribution in [0.15, 0.2) is 18.2 Å². The minimum atomic E-state index is 0.231. The molecule has 1 aliphatic rings. The second-order valence-corrected chi connectivity index (χ2v) is 3.45. The molecule has 1 aromatic rings. The molecule has 1 saturated heterocycles. The van der Waals surface area contributed by atoms with Crippen LogP contribution in [-0.4, -0.2) is 29.8 Å².